The van der Waals surface area contributed by atoms with Crippen molar-refractivity contribution in [3.8, 4) is 5.75 Å². The van der Waals surface area contributed by atoms with E-state index in [9.17, 15) is 0 Å². The van der Waals surface area contributed by atoms with Crippen LogP contribution in [-0.2, 0) is 11.3 Å². The van der Waals surface area contributed by atoms with Crippen LogP contribution in [0.1, 0.15) is 24.0 Å². The molecule has 4 rings (SSSR count). The van der Waals surface area contributed by atoms with Gasteiger partial charge in [0.2, 0.25) is 0 Å². The third kappa shape index (κ3) is 3.10. The van der Waals surface area contributed by atoms with Gasteiger partial charge in [-0.3, -0.25) is 4.68 Å². The molecule has 0 radical (unpaired) electrons. The number of rotatable bonds is 0. The molecule has 0 atom stereocenters. The second-order valence-electron chi connectivity index (χ2n) is 5.87. The number of nitrogens with one attached hydrogen (secondary N) is 1. The van der Waals surface area contributed by atoms with Crippen molar-refractivity contribution in [3.05, 3.63) is 47.8 Å². The Labute approximate surface area is 135 Å². The van der Waals surface area contributed by atoms with Gasteiger partial charge < -0.3 is 14.8 Å². The minimum atomic E-state index is 0.682. The third-order valence-corrected chi connectivity index (χ3v) is 4.20. The van der Waals surface area contributed by atoms with E-state index in [-0.39, 0.29) is 0 Å². The minimum Gasteiger partial charge on any atom is -0.493 e. The number of aromatic nitrogens is 2. The molecule has 3 heterocycles. The molecule has 2 aromatic rings. The molecule has 1 aromatic carbocycles. The molecule has 0 saturated heterocycles. The Balaban J connectivity index is 1.71. The highest BCUT2D eigenvalue weighted by Crippen LogP contribution is 2.34. The van der Waals surface area contributed by atoms with E-state index in [2.05, 4.69) is 34.8 Å². The van der Waals surface area contributed by atoms with Crippen LogP contribution in [0.15, 0.2) is 36.7 Å². The molecular formula is C18H21N3O2. The highest BCUT2D eigenvalue weighted by atomic mass is 16.5. The lowest BCUT2D eigenvalue weighted by atomic mass is 9.96. The zero-order valence-corrected chi connectivity index (χ0v) is 13.1. The van der Waals surface area contributed by atoms with Gasteiger partial charge in [0.05, 0.1) is 12.8 Å². The molecule has 0 amide bonds. The predicted molar refractivity (Wildman–Crippen MR) is 89.8 cm³/mol. The van der Waals surface area contributed by atoms with Gasteiger partial charge in [-0.25, -0.2) is 0 Å². The van der Waals surface area contributed by atoms with Gasteiger partial charge in [0, 0.05) is 55.7 Å². The second-order valence-corrected chi connectivity index (χ2v) is 5.87. The molecule has 2 aliphatic heterocycles. The van der Waals surface area contributed by atoms with Crippen LogP contribution in [0.3, 0.4) is 0 Å². The number of fused-ring (bicyclic) bond motifs is 4. The summed E-state index contributed by atoms with van der Waals surface area (Å²) in [7, 11) is 0. The fourth-order valence-corrected chi connectivity index (χ4v) is 3.04. The summed E-state index contributed by atoms with van der Waals surface area (Å²) in [4.78, 5) is 0. The Morgan fingerprint density at radius 3 is 3.09 bits per heavy atom. The molecular weight excluding hydrogens is 290 g/mol. The molecule has 5 nitrogen and oxygen atoms in total. The quantitative estimate of drug-likeness (QED) is 0.813. The van der Waals surface area contributed by atoms with Crippen LogP contribution in [0, 0.1) is 0 Å². The lowest BCUT2D eigenvalue weighted by Crippen LogP contribution is -2.09. The number of hydrogen-bond donors (Lipinski definition) is 1. The lowest BCUT2D eigenvalue weighted by molar-refractivity contribution is 0.114. The lowest BCUT2D eigenvalue weighted by Gasteiger charge is -2.20. The van der Waals surface area contributed by atoms with Gasteiger partial charge in [0.15, 0.2) is 0 Å². The molecule has 2 aliphatic rings. The van der Waals surface area contributed by atoms with Crippen molar-refractivity contribution in [2.24, 2.45) is 0 Å². The van der Waals surface area contributed by atoms with Crippen molar-refractivity contribution in [2.75, 3.05) is 31.7 Å². The largest absolute Gasteiger partial charge is 0.493 e. The summed E-state index contributed by atoms with van der Waals surface area (Å²) in [6.07, 6.45) is 8.16. The highest BCUT2D eigenvalue weighted by molar-refractivity contribution is 5.88. The first-order valence-corrected chi connectivity index (χ1v) is 8.22. The second kappa shape index (κ2) is 6.46. The van der Waals surface area contributed by atoms with E-state index >= 15 is 0 Å². The number of aryl methyl sites for hydroxylation is 1. The van der Waals surface area contributed by atoms with Gasteiger partial charge in [0.25, 0.3) is 0 Å². The van der Waals surface area contributed by atoms with Crippen LogP contribution in [-0.4, -0.2) is 36.1 Å². The standard InChI is InChI=1S/C18H21N3O2/c1-7-21-13-14(12-20-21)16-5-6-19-18-4-3-15(11-17(16)18)23-10-2-9-22-8-1/h3-5,11-13,19H,1-2,6-10H2. The van der Waals surface area contributed by atoms with E-state index in [1.54, 1.807) is 0 Å². The maximum Gasteiger partial charge on any atom is 0.120 e. The van der Waals surface area contributed by atoms with E-state index < -0.39 is 0 Å². The SMILES string of the molecule is C1=C2c3cnn(c3)CCCOCCCOc3ccc(c2c3)NC1. The van der Waals surface area contributed by atoms with Crippen molar-refractivity contribution in [1.29, 1.82) is 0 Å². The highest BCUT2D eigenvalue weighted by Gasteiger charge is 2.16. The molecule has 0 saturated carbocycles. The van der Waals surface area contributed by atoms with Crippen molar-refractivity contribution >= 4 is 11.3 Å². The molecule has 120 valence electrons. The molecule has 5 heteroatoms. The molecule has 0 fully saturated rings. The van der Waals surface area contributed by atoms with E-state index in [0.717, 1.165) is 56.1 Å². The maximum atomic E-state index is 5.88. The van der Waals surface area contributed by atoms with E-state index in [1.807, 2.05) is 16.9 Å². The van der Waals surface area contributed by atoms with Crippen LogP contribution in [0.5, 0.6) is 5.75 Å². The molecule has 0 aliphatic carbocycles. The fraction of sp³-hybridized carbons (Fsp3) is 0.389. The van der Waals surface area contributed by atoms with Crippen molar-refractivity contribution < 1.29 is 9.47 Å². The molecule has 1 N–H and O–H groups in total. The number of nitrogens with zero attached hydrogens (tertiary/aromatic N) is 2. The summed E-state index contributed by atoms with van der Waals surface area (Å²) < 4.78 is 13.5. The minimum absolute atomic E-state index is 0.682. The van der Waals surface area contributed by atoms with Gasteiger partial charge >= 0.3 is 0 Å². The van der Waals surface area contributed by atoms with Crippen molar-refractivity contribution in [2.45, 2.75) is 19.4 Å². The molecule has 0 unspecified atom stereocenters. The van der Waals surface area contributed by atoms with Gasteiger partial charge in [-0.2, -0.15) is 5.10 Å². The molecule has 4 bridgehead atoms. The summed E-state index contributed by atoms with van der Waals surface area (Å²) in [5.41, 5.74) is 4.71. The van der Waals surface area contributed by atoms with Crippen LogP contribution in [0.4, 0.5) is 5.69 Å². The molecule has 23 heavy (non-hydrogen) atoms. The smallest absolute Gasteiger partial charge is 0.120 e. The predicted octanol–water partition coefficient (Wildman–Crippen LogP) is 2.93. The third-order valence-electron chi connectivity index (χ3n) is 4.20. The Hall–Kier alpha value is -2.27. The topological polar surface area (TPSA) is 48.3 Å². The van der Waals surface area contributed by atoms with Crippen molar-refractivity contribution in [3.63, 3.8) is 0 Å². The van der Waals surface area contributed by atoms with Gasteiger partial charge in [-0.05, 0) is 30.2 Å². The van der Waals surface area contributed by atoms with Gasteiger partial charge in [-0.15, -0.1) is 0 Å². The van der Waals surface area contributed by atoms with Gasteiger partial charge in [0.1, 0.15) is 5.75 Å². The van der Waals surface area contributed by atoms with Crippen LogP contribution < -0.4 is 10.1 Å². The summed E-state index contributed by atoms with van der Waals surface area (Å²) in [6.45, 7) is 3.90. The Kier molecular flexibility index (Phi) is 4.03. The van der Waals surface area contributed by atoms with Crippen LogP contribution in [0.25, 0.3) is 5.57 Å². The summed E-state index contributed by atoms with van der Waals surface area (Å²) in [5, 5.41) is 7.91. The number of ether oxygens (including phenoxy) is 2. The number of hydrogen-bond acceptors (Lipinski definition) is 4. The average Bonchev–Trinajstić information content (AvgIpc) is 3.04. The zero-order valence-electron chi connectivity index (χ0n) is 13.1. The first-order valence-electron chi connectivity index (χ1n) is 8.22. The molecule has 1 aromatic heterocycles. The first kappa shape index (κ1) is 14.3. The van der Waals surface area contributed by atoms with E-state index in [4.69, 9.17) is 9.47 Å². The summed E-state index contributed by atoms with van der Waals surface area (Å²) in [5.74, 6) is 0.903. The Morgan fingerprint density at radius 2 is 2.09 bits per heavy atom. The monoisotopic (exact) mass is 311 g/mol. The van der Waals surface area contributed by atoms with Crippen LogP contribution in [0.2, 0.25) is 0 Å². The summed E-state index contributed by atoms with van der Waals surface area (Å²) in [6, 6.07) is 6.24. The first-order chi connectivity index (χ1) is 11.4. The van der Waals surface area contributed by atoms with Crippen LogP contribution >= 0.6 is 0 Å². The van der Waals surface area contributed by atoms with Gasteiger partial charge in [-0.1, -0.05) is 6.08 Å². The van der Waals surface area contributed by atoms with E-state index in [0.29, 0.717) is 6.61 Å². The number of benzene rings is 1. The number of anilines is 1. The van der Waals surface area contributed by atoms with Crippen molar-refractivity contribution in [1.82, 2.24) is 9.78 Å². The normalized spacial score (nSPS) is 18.0. The molecule has 0 spiro atoms. The average molecular weight is 311 g/mol. The Bertz CT molecular complexity index is 721. The zero-order chi connectivity index (χ0) is 15.5. The maximum absolute atomic E-state index is 5.88. The summed E-state index contributed by atoms with van der Waals surface area (Å²) >= 11 is 0. The fourth-order valence-electron chi connectivity index (χ4n) is 3.04. The van der Waals surface area contributed by atoms with E-state index in [1.165, 1.54) is 11.1 Å². The Morgan fingerprint density at radius 1 is 1.13 bits per heavy atom.